The van der Waals surface area contributed by atoms with Crippen LogP contribution < -0.4 is 5.32 Å². The molecular weight excluding hydrogens is 280 g/mol. The van der Waals surface area contributed by atoms with Crippen molar-refractivity contribution in [2.45, 2.75) is 32.8 Å². The molecule has 0 fully saturated rings. The van der Waals surface area contributed by atoms with Gasteiger partial charge in [0.1, 0.15) is 5.60 Å². The summed E-state index contributed by atoms with van der Waals surface area (Å²) in [5.41, 5.74) is 9.10. The van der Waals surface area contributed by atoms with Crippen LogP contribution in [0.5, 0.6) is 0 Å². The molecule has 0 unspecified atom stereocenters. The van der Waals surface area contributed by atoms with Crippen molar-refractivity contribution in [3.8, 4) is 0 Å². The summed E-state index contributed by atoms with van der Waals surface area (Å²) in [5.74, 6) is 0. The molecule has 0 aliphatic rings. The normalized spacial score (nSPS) is 10.6. The van der Waals surface area contributed by atoms with Crippen LogP contribution in [0.4, 0.5) is 10.5 Å². The molecule has 0 aliphatic carbocycles. The van der Waals surface area contributed by atoms with Crippen molar-refractivity contribution >= 4 is 23.4 Å². The van der Waals surface area contributed by atoms with E-state index >= 15 is 0 Å². The lowest BCUT2D eigenvalue weighted by molar-refractivity contribution is 0.0636. The van der Waals surface area contributed by atoms with Gasteiger partial charge in [-0.3, -0.25) is 5.32 Å². The number of carbonyl (C=O) groups is 1. The van der Waals surface area contributed by atoms with Crippen LogP contribution in [0, 0.1) is 0 Å². The first-order chi connectivity index (χ1) is 9.31. The summed E-state index contributed by atoms with van der Waals surface area (Å²) in [4.78, 5) is 14.4. The highest BCUT2D eigenvalue weighted by molar-refractivity contribution is 6.30. The van der Waals surface area contributed by atoms with E-state index in [1.165, 1.54) is 0 Å². The Kier molecular flexibility index (Phi) is 5.67. The number of nitrogens with zero attached hydrogens (tertiary/aromatic N) is 3. The lowest BCUT2D eigenvalue weighted by Crippen LogP contribution is -2.27. The smallest absolute Gasteiger partial charge is 0.412 e. The monoisotopic (exact) mass is 296 g/mol. The Morgan fingerprint density at radius 2 is 2.20 bits per heavy atom. The number of nitrogens with one attached hydrogen (secondary N) is 1. The van der Waals surface area contributed by atoms with Crippen LogP contribution >= 0.6 is 11.6 Å². The molecule has 0 saturated carbocycles. The third kappa shape index (κ3) is 5.82. The fourth-order valence-electron chi connectivity index (χ4n) is 1.52. The van der Waals surface area contributed by atoms with Crippen molar-refractivity contribution in [1.29, 1.82) is 0 Å². The number of carbonyl (C=O) groups excluding carboxylic acids is 1. The number of ether oxygens (including phenoxy) is 1. The molecule has 0 heterocycles. The number of azide groups is 1. The molecule has 0 spiro atoms. The van der Waals surface area contributed by atoms with E-state index in [4.69, 9.17) is 21.9 Å². The second-order valence-corrected chi connectivity index (χ2v) is 5.57. The zero-order valence-corrected chi connectivity index (χ0v) is 12.4. The molecule has 1 rings (SSSR count). The van der Waals surface area contributed by atoms with Gasteiger partial charge >= 0.3 is 6.09 Å². The molecule has 6 nitrogen and oxygen atoms in total. The van der Waals surface area contributed by atoms with Gasteiger partial charge in [-0.15, -0.1) is 0 Å². The molecule has 0 atom stereocenters. The molecule has 0 saturated heterocycles. The summed E-state index contributed by atoms with van der Waals surface area (Å²) in [6, 6.07) is 5.09. The van der Waals surface area contributed by atoms with Gasteiger partial charge in [0.2, 0.25) is 0 Å². The van der Waals surface area contributed by atoms with E-state index in [2.05, 4.69) is 15.3 Å². The summed E-state index contributed by atoms with van der Waals surface area (Å²) in [7, 11) is 0. The van der Waals surface area contributed by atoms with Gasteiger partial charge in [-0.2, -0.15) is 0 Å². The molecule has 1 N–H and O–H groups in total. The van der Waals surface area contributed by atoms with Gasteiger partial charge in [0.25, 0.3) is 0 Å². The zero-order chi connectivity index (χ0) is 15.2. The van der Waals surface area contributed by atoms with Gasteiger partial charge in [0.15, 0.2) is 0 Å². The molecule has 0 aliphatic heterocycles. The highest BCUT2D eigenvalue weighted by Gasteiger charge is 2.17. The summed E-state index contributed by atoms with van der Waals surface area (Å²) in [5, 5.41) is 6.69. The third-order valence-corrected chi connectivity index (χ3v) is 2.48. The first-order valence-corrected chi connectivity index (χ1v) is 6.49. The molecule has 0 bridgehead atoms. The van der Waals surface area contributed by atoms with E-state index in [1.54, 1.807) is 39.0 Å². The van der Waals surface area contributed by atoms with Crippen molar-refractivity contribution in [2.75, 3.05) is 11.9 Å². The average molecular weight is 297 g/mol. The third-order valence-electron chi connectivity index (χ3n) is 2.25. The summed E-state index contributed by atoms with van der Waals surface area (Å²) in [6.45, 7) is 5.66. The second-order valence-electron chi connectivity index (χ2n) is 5.13. The van der Waals surface area contributed by atoms with Gasteiger partial charge in [0.05, 0.1) is 0 Å². The van der Waals surface area contributed by atoms with Gasteiger partial charge in [0, 0.05) is 22.2 Å². The molecule has 0 radical (unpaired) electrons. The standard InChI is InChI=1S/C13H17ClN4O2/c1-13(2,3)20-12(19)17-11-5-4-10(14)8-9(11)6-7-16-18-15/h4-5,8H,6-7H2,1-3H3,(H,17,19). The fraction of sp³-hybridized carbons (Fsp3) is 0.462. The van der Waals surface area contributed by atoms with E-state index < -0.39 is 11.7 Å². The Morgan fingerprint density at radius 1 is 1.50 bits per heavy atom. The van der Waals surface area contributed by atoms with E-state index in [0.717, 1.165) is 5.56 Å². The van der Waals surface area contributed by atoms with Crippen molar-refractivity contribution in [3.05, 3.63) is 39.2 Å². The van der Waals surface area contributed by atoms with Crippen LogP contribution in [-0.2, 0) is 11.2 Å². The van der Waals surface area contributed by atoms with Gasteiger partial charge in [-0.1, -0.05) is 16.7 Å². The van der Waals surface area contributed by atoms with Crippen molar-refractivity contribution in [1.82, 2.24) is 0 Å². The zero-order valence-electron chi connectivity index (χ0n) is 11.7. The highest BCUT2D eigenvalue weighted by Crippen LogP contribution is 2.22. The van der Waals surface area contributed by atoms with E-state index in [0.29, 0.717) is 23.7 Å². The molecule has 7 heteroatoms. The van der Waals surface area contributed by atoms with Crippen LogP contribution in [0.3, 0.4) is 0 Å². The van der Waals surface area contributed by atoms with Crippen LogP contribution in [0.2, 0.25) is 5.02 Å². The average Bonchev–Trinajstić information content (AvgIpc) is 2.30. The van der Waals surface area contributed by atoms with Crippen LogP contribution in [0.25, 0.3) is 10.4 Å². The molecule has 1 amide bonds. The van der Waals surface area contributed by atoms with Gasteiger partial charge in [-0.05, 0) is 56.5 Å². The Labute approximate surface area is 122 Å². The topological polar surface area (TPSA) is 87.1 Å². The Balaban J connectivity index is 2.82. The lowest BCUT2D eigenvalue weighted by atomic mass is 10.1. The summed E-state index contributed by atoms with van der Waals surface area (Å²) < 4.78 is 5.19. The number of hydrogen-bond donors (Lipinski definition) is 1. The minimum Gasteiger partial charge on any atom is -0.444 e. The van der Waals surface area contributed by atoms with E-state index in [-0.39, 0.29) is 0 Å². The second kappa shape index (κ2) is 7.03. The van der Waals surface area contributed by atoms with E-state index in [1.807, 2.05) is 0 Å². The number of hydrogen-bond acceptors (Lipinski definition) is 3. The molecule has 108 valence electrons. The number of benzene rings is 1. The quantitative estimate of drug-likeness (QED) is 0.502. The Bertz CT molecular complexity index is 534. The maximum atomic E-state index is 11.7. The summed E-state index contributed by atoms with van der Waals surface area (Å²) in [6.07, 6.45) is -0.0553. The number of amides is 1. The summed E-state index contributed by atoms with van der Waals surface area (Å²) >= 11 is 5.93. The van der Waals surface area contributed by atoms with Crippen molar-refractivity contribution in [2.24, 2.45) is 5.11 Å². The maximum Gasteiger partial charge on any atom is 0.412 e. The molecular formula is C13H17ClN4O2. The van der Waals surface area contributed by atoms with E-state index in [9.17, 15) is 4.79 Å². The van der Waals surface area contributed by atoms with Crippen LogP contribution in [-0.4, -0.2) is 18.2 Å². The molecule has 1 aromatic carbocycles. The first-order valence-electron chi connectivity index (χ1n) is 6.11. The Morgan fingerprint density at radius 3 is 2.80 bits per heavy atom. The molecule has 0 aromatic heterocycles. The molecule has 1 aromatic rings. The first kappa shape index (κ1) is 16.1. The Hall–Kier alpha value is -1.91. The predicted molar refractivity (Wildman–Crippen MR) is 79.0 cm³/mol. The number of rotatable bonds is 4. The highest BCUT2D eigenvalue weighted by atomic mass is 35.5. The number of anilines is 1. The van der Waals surface area contributed by atoms with Crippen molar-refractivity contribution < 1.29 is 9.53 Å². The number of halogens is 1. The SMILES string of the molecule is CC(C)(C)OC(=O)Nc1ccc(Cl)cc1CCN=[N+]=[N-]. The maximum absolute atomic E-state index is 11.7. The van der Waals surface area contributed by atoms with Gasteiger partial charge in [-0.25, -0.2) is 4.79 Å². The lowest BCUT2D eigenvalue weighted by Gasteiger charge is -2.20. The van der Waals surface area contributed by atoms with Gasteiger partial charge < -0.3 is 4.74 Å². The minimum absolute atomic E-state index is 0.292. The van der Waals surface area contributed by atoms with Crippen LogP contribution in [0.15, 0.2) is 23.3 Å². The fourth-order valence-corrected chi connectivity index (χ4v) is 1.71. The van der Waals surface area contributed by atoms with Crippen molar-refractivity contribution in [3.63, 3.8) is 0 Å². The molecule has 20 heavy (non-hydrogen) atoms. The minimum atomic E-state index is -0.568. The van der Waals surface area contributed by atoms with Crippen LogP contribution in [0.1, 0.15) is 26.3 Å². The predicted octanol–water partition coefficient (Wildman–Crippen LogP) is 4.54. The largest absolute Gasteiger partial charge is 0.444 e.